The van der Waals surface area contributed by atoms with Crippen molar-refractivity contribution < 1.29 is 9.13 Å². The van der Waals surface area contributed by atoms with Crippen LogP contribution in [-0.4, -0.2) is 17.1 Å². The molecule has 0 atom stereocenters. The zero-order chi connectivity index (χ0) is 8.55. The van der Waals surface area contributed by atoms with Crippen molar-refractivity contribution in [3.63, 3.8) is 0 Å². The Morgan fingerprint density at radius 3 is 3.08 bits per heavy atom. The molecule has 0 radical (unpaired) electrons. The standard InChI is InChI=1S/C8H7FN2O/c1-12-5-2-6(9)8-7(3-5)10-4-11-8/h2-4H,1H3,(H,10,11). The van der Waals surface area contributed by atoms with E-state index in [1.807, 2.05) is 0 Å². The molecule has 1 heterocycles. The van der Waals surface area contributed by atoms with Gasteiger partial charge in [0, 0.05) is 12.1 Å². The molecule has 0 bridgehead atoms. The van der Waals surface area contributed by atoms with Crippen LogP contribution in [0.2, 0.25) is 0 Å². The van der Waals surface area contributed by atoms with Crippen molar-refractivity contribution in [1.29, 1.82) is 0 Å². The zero-order valence-corrected chi connectivity index (χ0v) is 6.47. The monoisotopic (exact) mass is 166 g/mol. The molecule has 0 aliphatic heterocycles. The number of methoxy groups -OCH3 is 1. The predicted molar refractivity (Wildman–Crippen MR) is 42.6 cm³/mol. The largest absolute Gasteiger partial charge is 0.497 e. The van der Waals surface area contributed by atoms with Gasteiger partial charge in [0.2, 0.25) is 0 Å². The van der Waals surface area contributed by atoms with Crippen molar-refractivity contribution >= 4 is 11.0 Å². The average Bonchev–Trinajstić information content (AvgIpc) is 2.52. The van der Waals surface area contributed by atoms with E-state index in [1.165, 1.54) is 19.5 Å². The molecule has 1 aromatic heterocycles. The molecule has 0 aliphatic carbocycles. The number of aromatic nitrogens is 2. The number of hydrogen-bond donors (Lipinski definition) is 1. The lowest BCUT2D eigenvalue weighted by atomic mass is 10.3. The van der Waals surface area contributed by atoms with E-state index in [9.17, 15) is 4.39 Å². The topological polar surface area (TPSA) is 37.9 Å². The number of imidazole rings is 1. The van der Waals surface area contributed by atoms with Crippen LogP contribution in [0.3, 0.4) is 0 Å². The minimum Gasteiger partial charge on any atom is -0.497 e. The Kier molecular flexibility index (Phi) is 1.46. The van der Waals surface area contributed by atoms with Gasteiger partial charge in [0.15, 0.2) is 5.82 Å². The van der Waals surface area contributed by atoms with Crippen LogP contribution >= 0.6 is 0 Å². The highest BCUT2D eigenvalue weighted by Gasteiger charge is 2.05. The average molecular weight is 166 g/mol. The lowest BCUT2D eigenvalue weighted by Gasteiger charge is -1.98. The second kappa shape index (κ2) is 2.48. The molecular weight excluding hydrogens is 159 g/mol. The first kappa shape index (κ1) is 7.09. The molecular formula is C8H7FN2O. The van der Waals surface area contributed by atoms with E-state index in [2.05, 4.69) is 9.97 Å². The molecule has 0 fully saturated rings. The maximum atomic E-state index is 13.1. The Bertz CT molecular complexity index is 410. The fourth-order valence-electron chi connectivity index (χ4n) is 1.10. The van der Waals surface area contributed by atoms with Gasteiger partial charge in [-0.25, -0.2) is 9.37 Å². The van der Waals surface area contributed by atoms with Gasteiger partial charge >= 0.3 is 0 Å². The SMILES string of the molecule is COc1cc(F)c2nc[nH]c2c1. The van der Waals surface area contributed by atoms with E-state index >= 15 is 0 Å². The maximum Gasteiger partial charge on any atom is 0.154 e. The van der Waals surface area contributed by atoms with Crippen LogP contribution in [0.1, 0.15) is 0 Å². The van der Waals surface area contributed by atoms with Gasteiger partial charge in [0.1, 0.15) is 11.3 Å². The second-order valence-electron chi connectivity index (χ2n) is 2.41. The van der Waals surface area contributed by atoms with Crippen LogP contribution in [0.25, 0.3) is 11.0 Å². The summed E-state index contributed by atoms with van der Waals surface area (Å²) in [7, 11) is 1.50. The molecule has 0 saturated heterocycles. The number of halogens is 1. The van der Waals surface area contributed by atoms with Gasteiger partial charge in [-0.1, -0.05) is 0 Å². The molecule has 3 nitrogen and oxygen atoms in total. The normalized spacial score (nSPS) is 10.5. The summed E-state index contributed by atoms with van der Waals surface area (Å²) in [6, 6.07) is 3.01. The molecule has 0 spiro atoms. The molecule has 12 heavy (non-hydrogen) atoms. The Morgan fingerprint density at radius 1 is 1.50 bits per heavy atom. The maximum absolute atomic E-state index is 13.1. The van der Waals surface area contributed by atoms with E-state index in [0.717, 1.165) is 0 Å². The Hall–Kier alpha value is -1.58. The Balaban J connectivity index is 2.75. The van der Waals surface area contributed by atoms with Crippen molar-refractivity contribution in [1.82, 2.24) is 9.97 Å². The van der Waals surface area contributed by atoms with Crippen molar-refractivity contribution in [3.05, 3.63) is 24.3 Å². The number of rotatable bonds is 1. The van der Waals surface area contributed by atoms with Crippen LogP contribution in [0.4, 0.5) is 4.39 Å². The van der Waals surface area contributed by atoms with Gasteiger partial charge in [0.25, 0.3) is 0 Å². The summed E-state index contributed by atoms with van der Waals surface area (Å²) in [5.74, 6) is 0.120. The quantitative estimate of drug-likeness (QED) is 0.700. The van der Waals surface area contributed by atoms with Crippen molar-refractivity contribution in [2.24, 2.45) is 0 Å². The first-order valence-corrected chi connectivity index (χ1v) is 3.48. The zero-order valence-electron chi connectivity index (χ0n) is 6.47. The number of hydrogen-bond acceptors (Lipinski definition) is 2. The Labute approximate surface area is 68.2 Å². The predicted octanol–water partition coefficient (Wildman–Crippen LogP) is 1.71. The summed E-state index contributed by atoms with van der Waals surface area (Å²) < 4.78 is 18.0. The van der Waals surface area contributed by atoms with E-state index in [1.54, 1.807) is 6.07 Å². The molecule has 0 saturated carbocycles. The molecule has 0 unspecified atom stereocenters. The summed E-state index contributed by atoms with van der Waals surface area (Å²) >= 11 is 0. The van der Waals surface area contributed by atoms with Crippen molar-refractivity contribution in [2.75, 3.05) is 7.11 Å². The van der Waals surface area contributed by atoms with Gasteiger partial charge in [-0.3, -0.25) is 0 Å². The van der Waals surface area contributed by atoms with E-state index in [-0.39, 0.29) is 5.82 Å². The van der Waals surface area contributed by atoms with Crippen LogP contribution in [-0.2, 0) is 0 Å². The highest BCUT2D eigenvalue weighted by molar-refractivity contribution is 5.76. The summed E-state index contributed by atoms with van der Waals surface area (Å²) in [6.45, 7) is 0. The van der Waals surface area contributed by atoms with Gasteiger partial charge in [-0.05, 0) is 0 Å². The number of H-pyrrole nitrogens is 1. The fourth-order valence-corrected chi connectivity index (χ4v) is 1.10. The summed E-state index contributed by atoms with van der Waals surface area (Å²) in [5.41, 5.74) is 0.989. The smallest absolute Gasteiger partial charge is 0.154 e. The number of nitrogens with zero attached hydrogens (tertiary/aromatic N) is 1. The lowest BCUT2D eigenvalue weighted by molar-refractivity contribution is 0.412. The van der Waals surface area contributed by atoms with Gasteiger partial charge in [-0.15, -0.1) is 0 Å². The number of benzene rings is 1. The third kappa shape index (κ3) is 0.922. The molecule has 0 amide bonds. The van der Waals surface area contributed by atoms with Crippen LogP contribution in [0.5, 0.6) is 5.75 Å². The number of aromatic amines is 1. The van der Waals surface area contributed by atoms with Gasteiger partial charge in [-0.2, -0.15) is 0 Å². The number of ether oxygens (including phenoxy) is 1. The molecule has 1 N–H and O–H groups in total. The van der Waals surface area contributed by atoms with Crippen molar-refractivity contribution in [3.8, 4) is 5.75 Å². The number of fused-ring (bicyclic) bond motifs is 1. The minimum atomic E-state index is -0.370. The van der Waals surface area contributed by atoms with E-state index < -0.39 is 0 Å². The Morgan fingerprint density at radius 2 is 2.33 bits per heavy atom. The summed E-state index contributed by atoms with van der Waals surface area (Å²) in [5, 5.41) is 0. The molecule has 2 rings (SSSR count). The highest BCUT2D eigenvalue weighted by atomic mass is 19.1. The first-order valence-electron chi connectivity index (χ1n) is 3.48. The molecule has 62 valence electrons. The third-order valence-electron chi connectivity index (χ3n) is 1.69. The summed E-state index contributed by atoms with van der Waals surface area (Å²) in [4.78, 5) is 6.61. The van der Waals surface area contributed by atoms with Crippen LogP contribution in [0.15, 0.2) is 18.5 Å². The van der Waals surface area contributed by atoms with Crippen LogP contribution in [0, 0.1) is 5.82 Å². The van der Waals surface area contributed by atoms with E-state index in [0.29, 0.717) is 16.8 Å². The summed E-state index contributed by atoms with van der Waals surface area (Å²) in [6.07, 6.45) is 1.45. The molecule has 2 aromatic rings. The molecule has 4 heteroatoms. The van der Waals surface area contributed by atoms with E-state index in [4.69, 9.17) is 4.74 Å². The lowest BCUT2D eigenvalue weighted by Crippen LogP contribution is -1.85. The van der Waals surface area contributed by atoms with Crippen molar-refractivity contribution in [2.45, 2.75) is 0 Å². The van der Waals surface area contributed by atoms with Gasteiger partial charge < -0.3 is 9.72 Å². The van der Waals surface area contributed by atoms with Crippen LogP contribution < -0.4 is 4.74 Å². The number of nitrogens with one attached hydrogen (secondary N) is 1. The second-order valence-corrected chi connectivity index (χ2v) is 2.41. The van der Waals surface area contributed by atoms with Gasteiger partial charge in [0.05, 0.1) is 19.0 Å². The minimum absolute atomic E-state index is 0.343. The molecule has 0 aliphatic rings. The third-order valence-corrected chi connectivity index (χ3v) is 1.69. The fraction of sp³-hybridized carbons (Fsp3) is 0.125. The molecule has 1 aromatic carbocycles. The highest BCUT2D eigenvalue weighted by Crippen LogP contribution is 2.20. The first-order chi connectivity index (χ1) is 5.81.